The van der Waals surface area contributed by atoms with Gasteiger partial charge in [-0.3, -0.25) is 9.78 Å². The van der Waals surface area contributed by atoms with Crippen LogP contribution < -0.4 is 5.32 Å². The Balaban J connectivity index is 1.72. The van der Waals surface area contributed by atoms with Crippen LogP contribution in [-0.4, -0.2) is 53.0 Å². The van der Waals surface area contributed by atoms with Gasteiger partial charge in [0.1, 0.15) is 5.69 Å². The summed E-state index contributed by atoms with van der Waals surface area (Å²) in [5.74, 6) is -0.619. The zero-order chi connectivity index (χ0) is 15.9. The summed E-state index contributed by atoms with van der Waals surface area (Å²) in [6, 6.07) is 2.84. The molecule has 1 aromatic heterocycles. The van der Waals surface area contributed by atoms with Crippen LogP contribution in [0.25, 0.3) is 0 Å². The highest BCUT2D eigenvalue weighted by molar-refractivity contribution is 5.93. The lowest BCUT2D eigenvalue weighted by Crippen LogP contribution is -2.35. The van der Waals surface area contributed by atoms with E-state index in [9.17, 15) is 9.59 Å². The number of likely N-dealkylation sites (tertiary alicyclic amines) is 1. The van der Waals surface area contributed by atoms with E-state index in [-0.39, 0.29) is 17.2 Å². The summed E-state index contributed by atoms with van der Waals surface area (Å²) in [6.07, 6.45) is 4.57. The van der Waals surface area contributed by atoms with E-state index < -0.39 is 5.97 Å². The van der Waals surface area contributed by atoms with Crippen molar-refractivity contribution in [1.29, 1.82) is 0 Å². The smallest absolute Gasteiger partial charge is 0.337 e. The average Bonchev–Trinajstić information content (AvgIpc) is 2.55. The van der Waals surface area contributed by atoms with Crippen LogP contribution >= 0.6 is 0 Å². The molecule has 0 spiro atoms. The minimum Gasteiger partial charge on any atom is -0.478 e. The number of pyridine rings is 1. The van der Waals surface area contributed by atoms with E-state index in [0.29, 0.717) is 12.5 Å². The molecule has 0 aromatic carbocycles. The molecule has 2 heterocycles. The Morgan fingerprint density at radius 3 is 2.64 bits per heavy atom. The lowest BCUT2D eigenvalue weighted by molar-refractivity contribution is 0.0695. The third-order valence-corrected chi connectivity index (χ3v) is 4.24. The molecular weight excluding hydrogens is 282 g/mol. The van der Waals surface area contributed by atoms with Gasteiger partial charge in [0.2, 0.25) is 0 Å². The molecule has 2 N–H and O–H groups in total. The summed E-state index contributed by atoms with van der Waals surface area (Å²) in [7, 11) is 0. The van der Waals surface area contributed by atoms with Crippen molar-refractivity contribution in [2.45, 2.75) is 26.2 Å². The monoisotopic (exact) mass is 305 g/mol. The summed E-state index contributed by atoms with van der Waals surface area (Å²) in [5.41, 5.74) is 0.338. The highest BCUT2D eigenvalue weighted by Crippen LogP contribution is 2.19. The van der Waals surface area contributed by atoms with Gasteiger partial charge >= 0.3 is 5.97 Å². The fraction of sp³-hybridized carbons (Fsp3) is 0.562. The number of carbonyl (C=O) groups is 2. The number of carboxylic acids is 1. The predicted molar refractivity (Wildman–Crippen MR) is 83.0 cm³/mol. The Morgan fingerprint density at radius 1 is 1.36 bits per heavy atom. The molecule has 1 aromatic rings. The van der Waals surface area contributed by atoms with Crippen LogP contribution in [0.2, 0.25) is 0 Å². The number of amides is 1. The fourth-order valence-corrected chi connectivity index (χ4v) is 2.73. The number of nitrogens with one attached hydrogen (secondary N) is 1. The molecule has 1 aliphatic rings. The molecule has 1 amide bonds. The highest BCUT2D eigenvalue weighted by Gasteiger charge is 2.18. The van der Waals surface area contributed by atoms with Gasteiger partial charge in [0.25, 0.3) is 5.91 Å². The Labute approximate surface area is 130 Å². The van der Waals surface area contributed by atoms with E-state index in [1.807, 2.05) is 0 Å². The minimum absolute atomic E-state index is 0.0826. The largest absolute Gasteiger partial charge is 0.478 e. The van der Waals surface area contributed by atoms with Crippen molar-refractivity contribution in [3.8, 4) is 0 Å². The summed E-state index contributed by atoms with van der Waals surface area (Å²) in [5, 5.41) is 11.7. The van der Waals surface area contributed by atoms with Crippen LogP contribution in [0.15, 0.2) is 18.3 Å². The summed E-state index contributed by atoms with van der Waals surface area (Å²) < 4.78 is 0. The van der Waals surface area contributed by atoms with Crippen LogP contribution in [0.4, 0.5) is 0 Å². The SMILES string of the molecule is CCN1CCC(CCNC(=O)c2ccc(C(=O)O)cn2)CC1. The van der Waals surface area contributed by atoms with Gasteiger partial charge in [-0.05, 0) is 56.9 Å². The van der Waals surface area contributed by atoms with Gasteiger partial charge in [0.15, 0.2) is 0 Å². The number of carboxylic acid groups (broad SMARTS) is 1. The van der Waals surface area contributed by atoms with E-state index in [0.717, 1.165) is 26.1 Å². The zero-order valence-electron chi connectivity index (χ0n) is 12.9. The van der Waals surface area contributed by atoms with Crippen molar-refractivity contribution in [3.05, 3.63) is 29.6 Å². The topological polar surface area (TPSA) is 82.5 Å². The normalized spacial score (nSPS) is 16.4. The Morgan fingerprint density at radius 2 is 2.09 bits per heavy atom. The molecule has 6 nitrogen and oxygen atoms in total. The molecule has 2 rings (SSSR count). The zero-order valence-corrected chi connectivity index (χ0v) is 12.9. The van der Waals surface area contributed by atoms with E-state index in [2.05, 4.69) is 22.1 Å². The van der Waals surface area contributed by atoms with Gasteiger partial charge in [-0.15, -0.1) is 0 Å². The van der Waals surface area contributed by atoms with Gasteiger partial charge in [0, 0.05) is 12.7 Å². The number of piperidine rings is 1. The maximum Gasteiger partial charge on any atom is 0.337 e. The molecule has 1 saturated heterocycles. The number of carbonyl (C=O) groups excluding carboxylic acids is 1. The predicted octanol–water partition coefficient (Wildman–Crippen LogP) is 1.63. The van der Waals surface area contributed by atoms with Gasteiger partial charge in [-0.25, -0.2) is 4.79 Å². The molecule has 22 heavy (non-hydrogen) atoms. The summed E-state index contributed by atoms with van der Waals surface area (Å²) in [4.78, 5) is 29.0. The van der Waals surface area contributed by atoms with E-state index >= 15 is 0 Å². The van der Waals surface area contributed by atoms with Gasteiger partial charge < -0.3 is 15.3 Å². The quantitative estimate of drug-likeness (QED) is 0.834. The second-order valence-electron chi connectivity index (χ2n) is 5.66. The molecule has 120 valence electrons. The Bertz CT molecular complexity index is 508. The Hall–Kier alpha value is -1.95. The maximum absolute atomic E-state index is 11.9. The standard InChI is InChI=1S/C16H23N3O3/c1-2-19-9-6-12(7-10-19)5-8-17-15(20)14-4-3-13(11-18-14)16(21)22/h3-4,11-12H,2,5-10H2,1H3,(H,17,20)(H,21,22). The number of aromatic nitrogens is 1. The van der Waals surface area contributed by atoms with Crippen LogP contribution in [-0.2, 0) is 0 Å². The molecule has 0 bridgehead atoms. The second-order valence-corrected chi connectivity index (χ2v) is 5.66. The number of nitrogens with zero attached hydrogens (tertiary/aromatic N) is 2. The minimum atomic E-state index is -1.04. The first-order valence-electron chi connectivity index (χ1n) is 7.80. The van der Waals surface area contributed by atoms with Crippen LogP contribution in [0, 0.1) is 5.92 Å². The number of rotatable bonds is 6. The molecule has 0 saturated carbocycles. The van der Waals surface area contributed by atoms with Crippen molar-refractivity contribution in [2.24, 2.45) is 5.92 Å². The molecule has 1 fully saturated rings. The van der Waals surface area contributed by atoms with Gasteiger partial charge in [0.05, 0.1) is 5.56 Å². The molecule has 0 aliphatic carbocycles. The Kier molecular flexibility index (Phi) is 5.89. The molecular formula is C16H23N3O3. The lowest BCUT2D eigenvalue weighted by Gasteiger charge is -2.30. The molecule has 0 unspecified atom stereocenters. The first-order valence-corrected chi connectivity index (χ1v) is 7.80. The van der Waals surface area contributed by atoms with Gasteiger partial charge in [-0.1, -0.05) is 6.92 Å². The van der Waals surface area contributed by atoms with Crippen LogP contribution in [0.5, 0.6) is 0 Å². The average molecular weight is 305 g/mol. The van der Waals surface area contributed by atoms with Crippen LogP contribution in [0.1, 0.15) is 47.0 Å². The van der Waals surface area contributed by atoms with Crippen molar-refractivity contribution >= 4 is 11.9 Å². The van der Waals surface area contributed by atoms with E-state index in [1.165, 1.54) is 31.2 Å². The third kappa shape index (κ3) is 4.53. The molecule has 1 aliphatic heterocycles. The van der Waals surface area contributed by atoms with Crippen LogP contribution in [0.3, 0.4) is 0 Å². The van der Waals surface area contributed by atoms with Crippen molar-refractivity contribution < 1.29 is 14.7 Å². The maximum atomic E-state index is 11.9. The van der Waals surface area contributed by atoms with Crippen molar-refractivity contribution in [2.75, 3.05) is 26.2 Å². The van der Waals surface area contributed by atoms with E-state index in [4.69, 9.17) is 5.11 Å². The number of hydrogen-bond donors (Lipinski definition) is 2. The summed E-state index contributed by atoms with van der Waals surface area (Å²) >= 11 is 0. The van der Waals surface area contributed by atoms with E-state index in [1.54, 1.807) is 0 Å². The number of aromatic carboxylic acids is 1. The molecule has 0 radical (unpaired) electrons. The first kappa shape index (κ1) is 16.4. The van der Waals surface area contributed by atoms with Crippen molar-refractivity contribution in [1.82, 2.24) is 15.2 Å². The van der Waals surface area contributed by atoms with Crippen molar-refractivity contribution in [3.63, 3.8) is 0 Å². The molecule has 6 heteroatoms. The first-order chi connectivity index (χ1) is 10.6. The third-order valence-electron chi connectivity index (χ3n) is 4.24. The highest BCUT2D eigenvalue weighted by atomic mass is 16.4. The number of hydrogen-bond acceptors (Lipinski definition) is 4. The fourth-order valence-electron chi connectivity index (χ4n) is 2.73. The second kappa shape index (κ2) is 7.89. The van der Waals surface area contributed by atoms with Gasteiger partial charge in [-0.2, -0.15) is 0 Å². The molecule has 0 atom stereocenters. The summed E-state index contributed by atoms with van der Waals surface area (Å²) in [6.45, 7) is 6.23. The lowest BCUT2D eigenvalue weighted by atomic mass is 9.93.